The van der Waals surface area contributed by atoms with Crippen LogP contribution in [-0.4, -0.2) is 9.78 Å². The normalized spacial score (nSPS) is 12.5. The number of nitrogens with two attached hydrogens (primary N) is 1. The van der Waals surface area contributed by atoms with Gasteiger partial charge in [0.1, 0.15) is 11.6 Å². The molecule has 0 saturated heterocycles. The Balaban J connectivity index is 2.40. The van der Waals surface area contributed by atoms with Crippen LogP contribution in [0.2, 0.25) is 0 Å². The lowest BCUT2D eigenvalue weighted by Crippen LogP contribution is -2.09. The molecule has 0 fully saturated rings. The van der Waals surface area contributed by atoms with Crippen molar-refractivity contribution < 1.29 is 9.13 Å². The van der Waals surface area contributed by atoms with Crippen LogP contribution in [0.25, 0.3) is 0 Å². The summed E-state index contributed by atoms with van der Waals surface area (Å²) >= 11 is 0. The van der Waals surface area contributed by atoms with Crippen LogP contribution in [0.3, 0.4) is 0 Å². The predicted molar refractivity (Wildman–Crippen MR) is 67.0 cm³/mol. The monoisotopic (exact) mass is 249 g/mol. The van der Waals surface area contributed by atoms with Crippen LogP contribution in [0.4, 0.5) is 4.39 Å². The van der Waals surface area contributed by atoms with Crippen LogP contribution in [0.1, 0.15) is 24.2 Å². The third kappa shape index (κ3) is 2.36. The number of ether oxygens (including phenoxy) is 1. The lowest BCUT2D eigenvalue weighted by atomic mass is 10.1. The summed E-state index contributed by atoms with van der Waals surface area (Å²) in [6.07, 6.45) is 0. The van der Waals surface area contributed by atoms with Gasteiger partial charge in [0.15, 0.2) is 0 Å². The molecule has 0 aliphatic carbocycles. The number of rotatable bonds is 3. The van der Waals surface area contributed by atoms with Crippen LogP contribution in [0.5, 0.6) is 11.6 Å². The molecule has 1 unspecified atom stereocenters. The number of aromatic nitrogens is 2. The first-order valence-corrected chi connectivity index (χ1v) is 5.71. The summed E-state index contributed by atoms with van der Waals surface area (Å²) in [5, 5.41) is 4.17. The molecular formula is C13H16FN3O. The van der Waals surface area contributed by atoms with Crippen molar-refractivity contribution in [3.8, 4) is 11.6 Å². The van der Waals surface area contributed by atoms with Crippen molar-refractivity contribution in [2.24, 2.45) is 12.8 Å². The van der Waals surface area contributed by atoms with Gasteiger partial charge in [0.2, 0.25) is 5.88 Å². The second-order valence-corrected chi connectivity index (χ2v) is 4.29. The minimum absolute atomic E-state index is 0.360. The maximum atomic E-state index is 13.7. The zero-order valence-electron chi connectivity index (χ0n) is 10.6. The molecule has 0 amide bonds. The maximum absolute atomic E-state index is 13.7. The van der Waals surface area contributed by atoms with E-state index in [9.17, 15) is 4.39 Å². The van der Waals surface area contributed by atoms with Gasteiger partial charge >= 0.3 is 0 Å². The molecule has 1 heterocycles. The molecule has 0 aliphatic rings. The van der Waals surface area contributed by atoms with E-state index < -0.39 is 6.04 Å². The summed E-state index contributed by atoms with van der Waals surface area (Å²) in [5.74, 6) is 0.620. The fraction of sp³-hybridized carbons (Fsp3) is 0.308. The van der Waals surface area contributed by atoms with E-state index in [1.165, 1.54) is 6.07 Å². The van der Waals surface area contributed by atoms with Gasteiger partial charge in [-0.15, -0.1) is 0 Å². The lowest BCUT2D eigenvalue weighted by molar-refractivity contribution is 0.417. The van der Waals surface area contributed by atoms with Crippen molar-refractivity contribution in [2.75, 3.05) is 0 Å². The van der Waals surface area contributed by atoms with Gasteiger partial charge in [0.25, 0.3) is 0 Å². The number of nitrogens with zero attached hydrogens (tertiary/aromatic N) is 2. The molecule has 0 aliphatic heterocycles. The van der Waals surface area contributed by atoms with Gasteiger partial charge in [-0.25, -0.2) is 9.07 Å². The number of halogens is 1. The van der Waals surface area contributed by atoms with Crippen molar-refractivity contribution in [1.82, 2.24) is 9.78 Å². The SMILES string of the molecule is Cc1cc(Oc2cccc(F)c2C(C)N)n(C)n1. The Hall–Kier alpha value is -1.88. The molecule has 0 spiro atoms. The Bertz CT molecular complexity index is 563. The highest BCUT2D eigenvalue weighted by atomic mass is 19.1. The van der Waals surface area contributed by atoms with Gasteiger partial charge < -0.3 is 10.5 Å². The first-order valence-electron chi connectivity index (χ1n) is 5.71. The summed E-state index contributed by atoms with van der Waals surface area (Å²) in [5.41, 5.74) is 6.98. The third-order valence-electron chi connectivity index (χ3n) is 2.64. The van der Waals surface area contributed by atoms with Crippen molar-refractivity contribution in [2.45, 2.75) is 19.9 Å². The van der Waals surface area contributed by atoms with Gasteiger partial charge in [0.05, 0.1) is 5.69 Å². The molecule has 2 N–H and O–H groups in total. The van der Waals surface area contributed by atoms with E-state index in [0.29, 0.717) is 17.2 Å². The van der Waals surface area contributed by atoms with Crippen LogP contribution < -0.4 is 10.5 Å². The van der Waals surface area contributed by atoms with Crippen molar-refractivity contribution in [3.05, 3.63) is 41.3 Å². The summed E-state index contributed by atoms with van der Waals surface area (Å²) in [7, 11) is 1.77. The van der Waals surface area contributed by atoms with Crippen molar-refractivity contribution in [1.29, 1.82) is 0 Å². The van der Waals surface area contributed by atoms with E-state index in [1.807, 2.05) is 6.92 Å². The summed E-state index contributed by atoms with van der Waals surface area (Å²) in [4.78, 5) is 0. The fourth-order valence-electron chi connectivity index (χ4n) is 1.84. The molecule has 1 aromatic carbocycles. The van der Waals surface area contributed by atoms with Crippen molar-refractivity contribution >= 4 is 0 Å². The van der Waals surface area contributed by atoms with Crippen LogP contribution in [-0.2, 0) is 7.05 Å². The highest BCUT2D eigenvalue weighted by Crippen LogP contribution is 2.30. The molecule has 2 rings (SSSR count). The number of hydrogen-bond acceptors (Lipinski definition) is 3. The second-order valence-electron chi connectivity index (χ2n) is 4.29. The van der Waals surface area contributed by atoms with Gasteiger partial charge in [-0.3, -0.25) is 0 Å². The number of benzene rings is 1. The van der Waals surface area contributed by atoms with Crippen LogP contribution in [0.15, 0.2) is 24.3 Å². The van der Waals surface area contributed by atoms with Gasteiger partial charge in [-0.2, -0.15) is 5.10 Å². The van der Waals surface area contributed by atoms with Crippen molar-refractivity contribution in [3.63, 3.8) is 0 Å². The predicted octanol–water partition coefficient (Wildman–Crippen LogP) is 2.68. The Morgan fingerprint density at radius 2 is 2.17 bits per heavy atom. The molecule has 1 aromatic heterocycles. The fourth-order valence-corrected chi connectivity index (χ4v) is 1.84. The largest absolute Gasteiger partial charge is 0.439 e. The molecule has 0 saturated carbocycles. The third-order valence-corrected chi connectivity index (χ3v) is 2.64. The first kappa shape index (κ1) is 12.6. The Morgan fingerprint density at radius 1 is 1.44 bits per heavy atom. The molecule has 96 valence electrons. The standard InChI is InChI=1S/C13H16FN3O/c1-8-7-12(17(3)16-8)18-11-6-4-5-10(14)13(11)9(2)15/h4-7,9H,15H2,1-3H3. The topological polar surface area (TPSA) is 53.1 Å². The van der Waals surface area contributed by atoms with Crippen LogP contribution in [0, 0.1) is 12.7 Å². The lowest BCUT2D eigenvalue weighted by Gasteiger charge is -2.14. The summed E-state index contributed by atoms with van der Waals surface area (Å²) < 4.78 is 21.0. The summed E-state index contributed by atoms with van der Waals surface area (Å²) in [6, 6.07) is 6.02. The number of aryl methyl sites for hydroxylation is 2. The zero-order valence-corrected chi connectivity index (χ0v) is 10.6. The van der Waals surface area contributed by atoms with E-state index in [1.54, 1.807) is 36.9 Å². The van der Waals surface area contributed by atoms with E-state index in [4.69, 9.17) is 10.5 Å². The van der Waals surface area contributed by atoms with Gasteiger partial charge in [-0.1, -0.05) is 6.07 Å². The van der Waals surface area contributed by atoms with E-state index in [2.05, 4.69) is 5.10 Å². The molecule has 2 aromatic rings. The first-order chi connectivity index (χ1) is 8.49. The smallest absolute Gasteiger partial charge is 0.217 e. The molecule has 5 heteroatoms. The van der Waals surface area contributed by atoms with Gasteiger partial charge in [0, 0.05) is 24.7 Å². The number of hydrogen-bond donors (Lipinski definition) is 1. The molecular weight excluding hydrogens is 233 g/mol. The Morgan fingerprint density at radius 3 is 2.72 bits per heavy atom. The molecule has 4 nitrogen and oxygen atoms in total. The minimum Gasteiger partial charge on any atom is -0.439 e. The Labute approximate surface area is 105 Å². The van der Waals surface area contributed by atoms with E-state index >= 15 is 0 Å². The Kier molecular flexibility index (Phi) is 3.34. The zero-order chi connectivity index (χ0) is 13.3. The molecule has 0 bridgehead atoms. The highest BCUT2D eigenvalue weighted by Gasteiger charge is 2.15. The maximum Gasteiger partial charge on any atom is 0.217 e. The van der Waals surface area contributed by atoms with E-state index in [-0.39, 0.29) is 5.82 Å². The summed E-state index contributed by atoms with van der Waals surface area (Å²) in [6.45, 7) is 3.59. The quantitative estimate of drug-likeness (QED) is 0.909. The molecule has 1 atom stereocenters. The average molecular weight is 249 g/mol. The minimum atomic E-state index is -0.435. The molecule has 0 radical (unpaired) electrons. The molecule has 18 heavy (non-hydrogen) atoms. The second kappa shape index (κ2) is 4.78. The average Bonchev–Trinajstić information content (AvgIpc) is 2.57. The van der Waals surface area contributed by atoms with Gasteiger partial charge in [-0.05, 0) is 26.0 Å². The highest BCUT2D eigenvalue weighted by molar-refractivity contribution is 5.39. The van der Waals surface area contributed by atoms with E-state index in [0.717, 1.165) is 5.69 Å². The van der Waals surface area contributed by atoms with Crippen LogP contribution >= 0.6 is 0 Å².